The van der Waals surface area contributed by atoms with Crippen LogP contribution in [0.4, 0.5) is 5.82 Å². The highest BCUT2D eigenvalue weighted by molar-refractivity contribution is 5.87. The van der Waals surface area contributed by atoms with Crippen molar-refractivity contribution in [1.82, 2.24) is 19.9 Å². The highest BCUT2D eigenvalue weighted by atomic mass is 15.1. The lowest BCUT2D eigenvalue weighted by Gasteiger charge is -2.32. The van der Waals surface area contributed by atoms with E-state index in [1.54, 1.807) is 0 Å². The van der Waals surface area contributed by atoms with Crippen LogP contribution < -0.4 is 5.73 Å². The molecule has 3 aromatic rings. The van der Waals surface area contributed by atoms with Gasteiger partial charge >= 0.3 is 0 Å². The maximum Gasteiger partial charge on any atom is 0.165 e. The summed E-state index contributed by atoms with van der Waals surface area (Å²) < 4.78 is 0. The molecule has 1 aromatic carbocycles. The van der Waals surface area contributed by atoms with E-state index in [0.717, 1.165) is 29.1 Å². The molecule has 5 rings (SSSR count). The maximum absolute atomic E-state index is 6.21. The van der Waals surface area contributed by atoms with E-state index in [4.69, 9.17) is 15.7 Å². The summed E-state index contributed by atoms with van der Waals surface area (Å²) in [5.74, 6) is 2.56. The first-order valence-corrected chi connectivity index (χ1v) is 9.98. The van der Waals surface area contributed by atoms with Gasteiger partial charge in [0.25, 0.3) is 0 Å². The summed E-state index contributed by atoms with van der Waals surface area (Å²) in [6, 6.07) is 14.1. The van der Waals surface area contributed by atoms with Crippen LogP contribution in [-0.2, 0) is 0 Å². The molecule has 2 N–H and O–H groups in total. The molecule has 1 aliphatic carbocycles. The van der Waals surface area contributed by atoms with Gasteiger partial charge in [-0.3, -0.25) is 0 Å². The molecule has 3 heterocycles. The first kappa shape index (κ1) is 16.6. The number of fused-ring (bicyclic) bond motifs is 1. The Labute approximate surface area is 159 Å². The molecule has 1 saturated heterocycles. The number of pyridine rings is 1. The van der Waals surface area contributed by atoms with Crippen LogP contribution >= 0.6 is 0 Å². The van der Waals surface area contributed by atoms with Gasteiger partial charge in [-0.15, -0.1) is 0 Å². The molecule has 0 amide bonds. The Morgan fingerprint density at radius 1 is 0.963 bits per heavy atom. The molecule has 5 nitrogen and oxygen atoms in total. The van der Waals surface area contributed by atoms with Gasteiger partial charge < -0.3 is 10.6 Å². The van der Waals surface area contributed by atoms with Gasteiger partial charge in [-0.2, -0.15) is 0 Å². The largest absolute Gasteiger partial charge is 0.383 e. The molecule has 0 spiro atoms. The van der Waals surface area contributed by atoms with Gasteiger partial charge in [0.05, 0.1) is 5.39 Å². The molecule has 0 radical (unpaired) electrons. The van der Waals surface area contributed by atoms with Crippen molar-refractivity contribution < 1.29 is 0 Å². The molecule has 1 atom stereocenters. The number of hydrogen-bond acceptors (Lipinski definition) is 5. The Balaban J connectivity index is 1.46. The monoisotopic (exact) mass is 359 g/mol. The molecule has 1 saturated carbocycles. The smallest absolute Gasteiger partial charge is 0.165 e. The molecule has 2 aromatic heterocycles. The average molecular weight is 359 g/mol. The van der Waals surface area contributed by atoms with E-state index < -0.39 is 0 Å². The number of anilines is 1. The normalized spacial score (nSPS) is 20.8. The minimum Gasteiger partial charge on any atom is -0.383 e. The molecule has 27 heavy (non-hydrogen) atoms. The minimum absolute atomic E-state index is 0.485. The average Bonchev–Trinajstić information content (AvgIpc) is 3.52. The number of piperidine rings is 1. The van der Waals surface area contributed by atoms with Crippen LogP contribution in [0.2, 0.25) is 0 Å². The Hall–Kier alpha value is -2.53. The minimum atomic E-state index is 0.485. The van der Waals surface area contributed by atoms with Crippen molar-refractivity contribution in [3.8, 4) is 11.4 Å². The maximum atomic E-state index is 6.21. The second kappa shape index (κ2) is 6.89. The Morgan fingerprint density at radius 2 is 1.81 bits per heavy atom. The zero-order chi connectivity index (χ0) is 18.2. The summed E-state index contributed by atoms with van der Waals surface area (Å²) in [6.45, 7) is 3.60. The van der Waals surface area contributed by atoms with Crippen LogP contribution in [0.25, 0.3) is 22.4 Å². The standard InChI is InChI=1S/C22H25N5/c23-20-18-10-11-19(17-7-4-12-27(14-17)13-15-8-9-15)24-22(18)26-21(25-20)16-5-2-1-3-6-16/h1-3,5-6,10-11,15,17H,4,7-9,12-14H2,(H2,23,24,25,26). The molecule has 5 heteroatoms. The highest BCUT2D eigenvalue weighted by Crippen LogP contribution is 2.33. The van der Waals surface area contributed by atoms with E-state index in [1.165, 1.54) is 38.8 Å². The molecular formula is C22H25N5. The molecule has 138 valence electrons. The van der Waals surface area contributed by atoms with Crippen molar-refractivity contribution in [2.75, 3.05) is 25.4 Å². The van der Waals surface area contributed by atoms with E-state index in [-0.39, 0.29) is 0 Å². The summed E-state index contributed by atoms with van der Waals surface area (Å²) in [5, 5.41) is 0.837. The predicted octanol–water partition coefficient (Wildman–Crippen LogP) is 3.86. The molecular weight excluding hydrogens is 334 g/mol. The Morgan fingerprint density at radius 3 is 2.63 bits per heavy atom. The lowest BCUT2D eigenvalue weighted by molar-refractivity contribution is 0.199. The number of likely N-dealkylation sites (tertiary alicyclic amines) is 1. The zero-order valence-corrected chi connectivity index (χ0v) is 15.5. The molecule has 2 fully saturated rings. The summed E-state index contributed by atoms with van der Waals surface area (Å²) >= 11 is 0. The van der Waals surface area contributed by atoms with E-state index in [2.05, 4.69) is 16.0 Å². The van der Waals surface area contributed by atoms with Crippen LogP contribution in [0.3, 0.4) is 0 Å². The van der Waals surface area contributed by atoms with Crippen LogP contribution in [0.1, 0.15) is 37.3 Å². The Bertz CT molecular complexity index is 952. The fourth-order valence-corrected chi connectivity index (χ4v) is 4.12. The lowest BCUT2D eigenvalue weighted by atomic mass is 9.94. The van der Waals surface area contributed by atoms with E-state index in [9.17, 15) is 0 Å². The van der Waals surface area contributed by atoms with Crippen LogP contribution in [0, 0.1) is 5.92 Å². The van der Waals surface area contributed by atoms with Crippen molar-refractivity contribution in [1.29, 1.82) is 0 Å². The number of nitrogens with zero attached hydrogens (tertiary/aromatic N) is 4. The summed E-state index contributed by atoms with van der Waals surface area (Å²) in [5.41, 5.74) is 9.02. The summed E-state index contributed by atoms with van der Waals surface area (Å²) in [6.07, 6.45) is 5.27. The van der Waals surface area contributed by atoms with Gasteiger partial charge in [0, 0.05) is 30.3 Å². The summed E-state index contributed by atoms with van der Waals surface area (Å²) in [4.78, 5) is 16.8. The van der Waals surface area contributed by atoms with Gasteiger partial charge in [0.15, 0.2) is 11.5 Å². The van der Waals surface area contributed by atoms with Crippen molar-refractivity contribution in [3.05, 3.63) is 48.2 Å². The number of rotatable bonds is 4. The van der Waals surface area contributed by atoms with Crippen LogP contribution in [0.15, 0.2) is 42.5 Å². The third-order valence-corrected chi connectivity index (χ3v) is 5.78. The van der Waals surface area contributed by atoms with Crippen LogP contribution in [-0.4, -0.2) is 39.5 Å². The van der Waals surface area contributed by atoms with Crippen molar-refractivity contribution in [3.63, 3.8) is 0 Å². The number of benzene rings is 1. The van der Waals surface area contributed by atoms with Gasteiger partial charge in [-0.05, 0) is 50.3 Å². The predicted molar refractivity (Wildman–Crippen MR) is 108 cm³/mol. The first-order valence-electron chi connectivity index (χ1n) is 9.98. The van der Waals surface area contributed by atoms with Gasteiger partial charge in [-0.1, -0.05) is 30.3 Å². The van der Waals surface area contributed by atoms with Crippen molar-refractivity contribution >= 4 is 16.9 Å². The second-order valence-corrected chi connectivity index (χ2v) is 7.95. The van der Waals surface area contributed by atoms with Gasteiger partial charge in [-0.25, -0.2) is 15.0 Å². The zero-order valence-electron chi connectivity index (χ0n) is 15.5. The van der Waals surface area contributed by atoms with Crippen molar-refractivity contribution in [2.24, 2.45) is 5.92 Å². The van der Waals surface area contributed by atoms with Crippen molar-refractivity contribution in [2.45, 2.75) is 31.6 Å². The second-order valence-electron chi connectivity index (χ2n) is 7.95. The number of hydrogen-bond donors (Lipinski definition) is 1. The third-order valence-electron chi connectivity index (χ3n) is 5.78. The SMILES string of the molecule is Nc1nc(-c2ccccc2)nc2nc(C3CCCN(CC4CC4)C3)ccc12. The first-order chi connectivity index (χ1) is 13.3. The number of aromatic nitrogens is 3. The molecule has 1 unspecified atom stereocenters. The molecule has 2 aliphatic rings. The summed E-state index contributed by atoms with van der Waals surface area (Å²) in [7, 11) is 0. The molecule has 1 aliphatic heterocycles. The lowest BCUT2D eigenvalue weighted by Crippen LogP contribution is -2.36. The van der Waals surface area contributed by atoms with Crippen LogP contribution in [0.5, 0.6) is 0 Å². The Kier molecular flexibility index (Phi) is 4.24. The quantitative estimate of drug-likeness (QED) is 0.766. The number of nitrogens with two attached hydrogens (primary N) is 1. The fourth-order valence-electron chi connectivity index (χ4n) is 4.12. The van der Waals surface area contributed by atoms with Gasteiger partial charge in [0.1, 0.15) is 5.82 Å². The van der Waals surface area contributed by atoms with E-state index in [1.807, 2.05) is 36.4 Å². The topological polar surface area (TPSA) is 67.9 Å². The van der Waals surface area contributed by atoms with E-state index in [0.29, 0.717) is 23.2 Å². The van der Waals surface area contributed by atoms with Gasteiger partial charge in [0.2, 0.25) is 0 Å². The number of nitrogen functional groups attached to an aromatic ring is 1. The molecule has 0 bridgehead atoms. The van der Waals surface area contributed by atoms with E-state index >= 15 is 0 Å². The fraction of sp³-hybridized carbons (Fsp3) is 0.409. The third kappa shape index (κ3) is 3.52. The highest BCUT2D eigenvalue weighted by Gasteiger charge is 2.28.